The number of ether oxygens (including phenoxy) is 1. The van der Waals surface area contributed by atoms with Crippen LogP contribution in [0.5, 0.6) is 5.75 Å². The first-order valence-electron chi connectivity index (χ1n) is 8.85. The van der Waals surface area contributed by atoms with E-state index < -0.39 is 6.10 Å². The molecule has 1 atom stereocenters. The summed E-state index contributed by atoms with van der Waals surface area (Å²) in [6.07, 6.45) is -0.747. The van der Waals surface area contributed by atoms with Crippen LogP contribution in [0.1, 0.15) is 6.92 Å². The molecule has 8 heteroatoms. The molecular formula is C20H18Cl2N4O2. The van der Waals surface area contributed by atoms with Gasteiger partial charge in [-0.25, -0.2) is 9.97 Å². The van der Waals surface area contributed by atoms with Crippen LogP contribution in [0.15, 0.2) is 42.5 Å². The van der Waals surface area contributed by atoms with Crippen LogP contribution in [0.25, 0.3) is 11.0 Å². The number of para-hydroxylation sites is 2. The molecule has 2 aromatic carbocycles. The minimum atomic E-state index is -0.747. The standard InChI is InChI=1S/C20H18Cl2N4O2/c1-12(28-17-8-7-13(21)11-14(17)22)20(27)26-10-9-25(2)18-19(26)24-16-6-4-3-5-15(16)23-18/h3-8,11-12H,9-10H2,1-2H3. The van der Waals surface area contributed by atoms with Crippen molar-refractivity contribution < 1.29 is 9.53 Å². The van der Waals surface area contributed by atoms with Crippen LogP contribution in [0.3, 0.4) is 0 Å². The van der Waals surface area contributed by atoms with E-state index in [0.717, 1.165) is 11.0 Å². The second kappa shape index (κ2) is 7.45. The number of fused-ring (bicyclic) bond motifs is 2. The summed E-state index contributed by atoms with van der Waals surface area (Å²) >= 11 is 12.1. The topological polar surface area (TPSA) is 58.6 Å². The van der Waals surface area contributed by atoms with E-state index in [-0.39, 0.29) is 5.91 Å². The Hall–Kier alpha value is -2.57. The van der Waals surface area contributed by atoms with Gasteiger partial charge < -0.3 is 9.64 Å². The fourth-order valence-corrected chi connectivity index (χ4v) is 3.58. The summed E-state index contributed by atoms with van der Waals surface area (Å²) in [6.45, 7) is 2.84. The van der Waals surface area contributed by atoms with Crippen LogP contribution in [0.4, 0.5) is 11.6 Å². The Kier molecular flexibility index (Phi) is 5.00. The Labute approximate surface area is 172 Å². The SMILES string of the molecule is CC(Oc1ccc(Cl)cc1Cl)C(=O)N1CCN(C)c2nc3ccccc3nc21. The zero-order valence-electron chi connectivity index (χ0n) is 15.4. The van der Waals surface area contributed by atoms with Gasteiger partial charge in [-0.1, -0.05) is 35.3 Å². The number of nitrogens with zero attached hydrogens (tertiary/aromatic N) is 4. The Morgan fingerprint density at radius 2 is 1.75 bits per heavy atom. The van der Waals surface area contributed by atoms with E-state index in [4.69, 9.17) is 27.9 Å². The number of carbonyl (C=O) groups excluding carboxylic acids is 1. The highest BCUT2D eigenvalue weighted by Crippen LogP contribution is 2.32. The van der Waals surface area contributed by atoms with Gasteiger partial charge in [0.15, 0.2) is 17.7 Å². The molecule has 1 unspecified atom stereocenters. The zero-order chi connectivity index (χ0) is 19.8. The average molecular weight is 417 g/mol. The molecular weight excluding hydrogens is 399 g/mol. The number of likely N-dealkylation sites (N-methyl/N-ethyl adjacent to an activating group) is 1. The molecule has 144 valence electrons. The van der Waals surface area contributed by atoms with Crippen molar-refractivity contribution in [3.63, 3.8) is 0 Å². The van der Waals surface area contributed by atoms with Gasteiger partial charge in [0.05, 0.1) is 16.1 Å². The third kappa shape index (κ3) is 3.45. The lowest BCUT2D eigenvalue weighted by atomic mass is 10.2. The van der Waals surface area contributed by atoms with Gasteiger partial charge in [0, 0.05) is 25.2 Å². The normalized spacial score (nSPS) is 14.7. The maximum absolute atomic E-state index is 13.1. The van der Waals surface area contributed by atoms with Crippen molar-refractivity contribution >= 4 is 51.8 Å². The lowest BCUT2D eigenvalue weighted by molar-refractivity contribution is -0.124. The molecule has 0 fully saturated rings. The van der Waals surface area contributed by atoms with Crippen LogP contribution in [-0.2, 0) is 4.79 Å². The van der Waals surface area contributed by atoms with E-state index in [1.54, 1.807) is 30.0 Å². The number of hydrogen-bond donors (Lipinski definition) is 0. The number of amides is 1. The first-order valence-corrected chi connectivity index (χ1v) is 9.60. The summed E-state index contributed by atoms with van der Waals surface area (Å²) in [5.41, 5.74) is 1.53. The van der Waals surface area contributed by atoms with Crippen molar-refractivity contribution in [1.82, 2.24) is 9.97 Å². The highest BCUT2D eigenvalue weighted by molar-refractivity contribution is 6.35. The first-order chi connectivity index (χ1) is 13.4. The molecule has 0 saturated heterocycles. The number of aromatic nitrogens is 2. The summed E-state index contributed by atoms with van der Waals surface area (Å²) in [4.78, 5) is 26.1. The van der Waals surface area contributed by atoms with Gasteiger partial charge >= 0.3 is 0 Å². The average Bonchev–Trinajstić information content (AvgIpc) is 2.69. The van der Waals surface area contributed by atoms with Gasteiger partial charge in [-0.05, 0) is 37.3 Å². The smallest absolute Gasteiger partial charge is 0.269 e. The molecule has 0 aliphatic carbocycles. The molecule has 0 radical (unpaired) electrons. The van der Waals surface area contributed by atoms with Crippen LogP contribution in [0, 0.1) is 0 Å². The predicted molar refractivity (Wildman–Crippen MR) is 112 cm³/mol. The minimum absolute atomic E-state index is 0.204. The number of rotatable bonds is 3. The third-order valence-corrected chi connectivity index (χ3v) is 5.15. The van der Waals surface area contributed by atoms with Gasteiger partial charge in [0.25, 0.3) is 5.91 Å². The molecule has 0 N–H and O–H groups in total. The monoisotopic (exact) mass is 416 g/mol. The van der Waals surface area contributed by atoms with Crippen LogP contribution < -0.4 is 14.5 Å². The molecule has 1 amide bonds. The van der Waals surface area contributed by atoms with E-state index in [2.05, 4.69) is 9.97 Å². The van der Waals surface area contributed by atoms with E-state index in [1.807, 2.05) is 36.2 Å². The summed E-state index contributed by atoms with van der Waals surface area (Å²) in [5.74, 6) is 1.42. The summed E-state index contributed by atoms with van der Waals surface area (Å²) < 4.78 is 5.80. The lowest BCUT2D eigenvalue weighted by Crippen LogP contribution is -2.48. The van der Waals surface area contributed by atoms with Crippen molar-refractivity contribution in [2.24, 2.45) is 0 Å². The third-order valence-electron chi connectivity index (χ3n) is 4.62. The largest absolute Gasteiger partial charge is 0.479 e. The van der Waals surface area contributed by atoms with E-state index in [0.29, 0.717) is 40.5 Å². The predicted octanol–water partition coefficient (Wildman–Crippen LogP) is 4.19. The number of halogens is 2. The summed E-state index contributed by atoms with van der Waals surface area (Å²) in [5, 5.41) is 0.864. The molecule has 6 nitrogen and oxygen atoms in total. The van der Waals surface area contributed by atoms with Crippen LogP contribution in [-0.4, -0.2) is 42.1 Å². The van der Waals surface area contributed by atoms with Gasteiger partial charge in [0.1, 0.15) is 5.75 Å². The molecule has 28 heavy (non-hydrogen) atoms. The second-order valence-corrected chi connectivity index (χ2v) is 7.45. The minimum Gasteiger partial charge on any atom is -0.479 e. The van der Waals surface area contributed by atoms with Crippen molar-refractivity contribution in [1.29, 1.82) is 0 Å². The number of anilines is 2. The number of carbonyl (C=O) groups is 1. The molecule has 1 aromatic heterocycles. The second-order valence-electron chi connectivity index (χ2n) is 6.61. The molecule has 0 saturated carbocycles. The highest BCUT2D eigenvalue weighted by Gasteiger charge is 2.32. The summed E-state index contributed by atoms with van der Waals surface area (Å²) in [7, 11) is 1.94. The first kappa shape index (κ1) is 18.8. The Balaban J connectivity index is 1.65. The van der Waals surface area contributed by atoms with Crippen LogP contribution in [0.2, 0.25) is 10.0 Å². The van der Waals surface area contributed by atoms with Crippen LogP contribution >= 0.6 is 23.2 Å². The van der Waals surface area contributed by atoms with Crippen molar-refractivity contribution in [2.75, 3.05) is 29.9 Å². The van der Waals surface area contributed by atoms with E-state index in [9.17, 15) is 4.79 Å². The van der Waals surface area contributed by atoms with Gasteiger partial charge in [-0.2, -0.15) is 0 Å². The quantitative estimate of drug-likeness (QED) is 0.640. The van der Waals surface area contributed by atoms with Crippen molar-refractivity contribution in [3.8, 4) is 5.75 Å². The lowest BCUT2D eigenvalue weighted by Gasteiger charge is -2.34. The molecule has 4 rings (SSSR count). The Morgan fingerprint density at radius 1 is 1.07 bits per heavy atom. The van der Waals surface area contributed by atoms with Gasteiger partial charge in [-0.3, -0.25) is 9.69 Å². The van der Waals surface area contributed by atoms with Crippen molar-refractivity contribution in [3.05, 3.63) is 52.5 Å². The Bertz CT molecular complexity index is 1060. The fraction of sp³-hybridized carbons (Fsp3) is 0.250. The number of benzene rings is 2. The Morgan fingerprint density at radius 3 is 2.43 bits per heavy atom. The molecule has 3 aromatic rings. The van der Waals surface area contributed by atoms with Crippen molar-refractivity contribution in [2.45, 2.75) is 13.0 Å². The van der Waals surface area contributed by atoms with E-state index >= 15 is 0 Å². The number of hydrogen-bond acceptors (Lipinski definition) is 5. The highest BCUT2D eigenvalue weighted by atomic mass is 35.5. The molecule has 1 aliphatic rings. The molecule has 0 spiro atoms. The van der Waals surface area contributed by atoms with E-state index in [1.165, 1.54) is 0 Å². The fourth-order valence-electron chi connectivity index (χ4n) is 3.13. The maximum Gasteiger partial charge on any atom is 0.269 e. The summed E-state index contributed by atoms with van der Waals surface area (Å²) in [6, 6.07) is 12.5. The maximum atomic E-state index is 13.1. The zero-order valence-corrected chi connectivity index (χ0v) is 16.9. The molecule has 0 bridgehead atoms. The van der Waals surface area contributed by atoms with Gasteiger partial charge in [0.2, 0.25) is 0 Å². The molecule has 2 heterocycles. The molecule has 1 aliphatic heterocycles. The van der Waals surface area contributed by atoms with Gasteiger partial charge in [-0.15, -0.1) is 0 Å².